The molecule has 4 amide bonds. The van der Waals surface area contributed by atoms with Crippen LogP contribution < -0.4 is 0 Å². The average Bonchev–Trinajstić information content (AvgIpc) is 2.65. The van der Waals surface area contributed by atoms with E-state index in [4.69, 9.17) is 4.74 Å². The first-order valence-corrected chi connectivity index (χ1v) is 6.50. The van der Waals surface area contributed by atoms with Gasteiger partial charge in [-0.15, -0.1) is 6.58 Å². The van der Waals surface area contributed by atoms with Crippen molar-refractivity contribution in [3.05, 3.63) is 12.7 Å². The van der Waals surface area contributed by atoms with E-state index >= 15 is 0 Å². The fraction of sp³-hybridized carbons (Fsp3) is 0.538. The van der Waals surface area contributed by atoms with Crippen LogP contribution in [0.25, 0.3) is 0 Å². The molecule has 0 bridgehead atoms. The van der Waals surface area contributed by atoms with Gasteiger partial charge in [0.25, 0.3) is 5.91 Å². The average molecular weight is 297 g/mol. The molecule has 0 saturated carbocycles. The molecular formula is C13H19N3O5. The van der Waals surface area contributed by atoms with Gasteiger partial charge >= 0.3 is 12.0 Å². The van der Waals surface area contributed by atoms with E-state index in [-0.39, 0.29) is 26.2 Å². The number of urea groups is 1. The Labute approximate surface area is 122 Å². The number of carbonyl (C=O) groups is 4. The van der Waals surface area contributed by atoms with Crippen molar-refractivity contribution in [3.8, 4) is 0 Å². The lowest BCUT2D eigenvalue weighted by Gasteiger charge is -2.22. The largest absolute Gasteiger partial charge is 0.465 e. The summed E-state index contributed by atoms with van der Waals surface area (Å²) in [5.41, 5.74) is 0. The molecule has 1 heterocycles. The van der Waals surface area contributed by atoms with Crippen LogP contribution in [-0.4, -0.2) is 78.3 Å². The quantitative estimate of drug-likeness (QED) is 0.358. The Balaban J connectivity index is 2.68. The standard InChI is InChI=1S/C13H19N3O5/c1-4-6-15(9-12(19)21-5-2)10(17)8-16-11(18)7-14(3)13(16)20/h4H,1,5-9H2,2-3H3. The first-order valence-electron chi connectivity index (χ1n) is 6.50. The summed E-state index contributed by atoms with van der Waals surface area (Å²) in [6, 6.07) is -0.525. The molecule has 0 aliphatic carbocycles. The van der Waals surface area contributed by atoms with E-state index in [1.54, 1.807) is 6.92 Å². The van der Waals surface area contributed by atoms with Gasteiger partial charge in [0.2, 0.25) is 5.91 Å². The van der Waals surface area contributed by atoms with Crippen LogP contribution in [-0.2, 0) is 19.1 Å². The Morgan fingerprint density at radius 1 is 1.43 bits per heavy atom. The molecule has 8 heteroatoms. The van der Waals surface area contributed by atoms with Crippen molar-refractivity contribution in [2.24, 2.45) is 0 Å². The molecule has 0 N–H and O–H groups in total. The Morgan fingerprint density at radius 2 is 2.10 bits per heavy atom. The molecule has 0 aromatic carbocycles. The number of hydrogen-bond acceptors (Lipinski definition) is 5. The highest BCUT2D eigenvalue weighted by molar-refractivity contribution is 6.04. The first kappa shape index (κ1) is 16.7. The molecule has 1 fully saturated rings. The summed E-state index contributed by atoms with van der Waals surface area (Å²) in [4.78, 5) is 50.2. The van der Waals surface area contributed by atoms with Gasteiger partial charge in [0.1, 0.15) is 19.6 Å². The van der Waals surface area contributed by atoms with Gasteiger partial charge in [-0.1, -0.05) is 6.08 Å². The van der Waals surface area contributed by atoms with Crippen molar-refractivity contribution in [1.82, 2.24) is 14.7 Å². The summed E-state index contributed by atoms with van der Waals surface area (Å²) in [6.07, 6.45) is 1.46. The number of esters is 1. The second kappa shape index (κ2) is 7.41. The number of carbonyl (C=O) groups excluding carboxylic acids is 4. The zero-order valence-corrected chi connectivity index (χ0v) is 12.2. The van der Waals surface area contributed by atoms with Crippen LogP contribution in [0.3, 0.4) is 0 Å². The Bertz CT molecular complexity index is 463. The predicted octanol–water partition coefficient (Wildman–Crippen LogP) is -0.542. The van der Waals surface area contributed by atoms with E-state index in [2.05, 4.69) is 6.58 Å². The number of ether oxygens (including phenoxy) is 1. The topological polar surface area (TPSA) is 87.2 Å². The lowest BCUT2D eigenvalue weighted by atomic mass is 10.4. The smallest absolute Gasteiger partial charge is 0.327 e. The third kappa shape index (κ3) is 4.30. The van der Waals surface area contributed by atoms with Crippen molar-refractivity contribution < 1.29 is 23.9 Å². The molecule has 0 radical (unpaired) electrons. The lowest BCUT2D eigenvalue weighted by molar-refractivity contribution is -0.149. The molecule has 0 aromatic rings. The van der Waals surface area contributed by atoms with Gasteiger partial charge in [0.15, 0.2) is 0 Å². The fourth-order valence-corrected chi connectivity index (χ4v) is 1.83. The number of hydrogen-bond donors (Lipinski definition) is 0. The number of nitrogens with zero attached hydrogens (tertiary/aromatic N) is 3. The highest BCUT2D eigenvalue weighted by Gasteiger charge is 2.35. The molecule has 0 spiro atoms. The Hall–Kier alpha value is -2.38. The number of likely N-dealkylation sites (N-methyl/N-ethyl adjacent to an activating group) is 1. The Morgan fingerprint density at radius 3 is 2.57 bits per heavy atom. The monoisotopic (exact) mass is 297 g/mol. The van der Waals surface area contributed by atoms with Crippen molar-refractivity contribution in [1.29, 1.82) is 0 Å². The van der Waals surface area contributed by atoms with Crippen LogP contribution in [0.1, 0.15) is 6.92 Å². The predicted molar refractivity (Wildman–Crippen MR) is 73.1 cm³/mol. The zero-order chi connectivity index (χ0) is 16.0. The second-order valence-electron chi connectivity index (χ2n) is 4.49. The van der Waals surface area contributed by atoms with Gasteiger partial charge in [0.05, 0.1) is 6.61 Å². The van der Waals surface area contributed by atoms with Crippen LogP contribution in [0.4, 0.5) is 4.79 Å². The third-order valence-corrected chi connectivity index (χ3v) is 2.85. The van der Waals surface area contributed by atoms with E-state index in [0.717, 1.165) is 4.90 Å². The van der Waals surface area contributed by atoms with E-state index in [1.165, 1.54) is 22.9 Å². The number of rotatable bonds is 7. The van der Waals surface area contributed by atoms with Gasteiger partial charge in [-0.25, -0.2) is 4.79 Å². The van der Waals surface area contributed by atoms with Gasteiger partial charge in [0, 0.05) is 13.6 Å². The SMILES string of the molecule is C=CCN(CC(=O)OCC)C(=O)CN1C(=O)CN(C)C1=O. The molecule has 1 rings (SSSR count). The third-order valence-electron chi connectivity index (χ3n) is 2.85. The summed E-state index contributed by atoms with van der Waals surface area (Å²) in [5, 5.41) is 0. The van der Waals surface area contributed by atoms with Gasteiger partial charge in [-0.3, -0.25) is 19.3 Å². The molecule has 8 nitrogen and oxygen atoms in total. The summed E-state index contributed by atoms with van der Waals surface area (Å²) in [6.45, 7) is 4.82. The van der Waals surface area contributed by atoms with E-state index in [9.17, 15) is 19.2 Å². The molecule has 1 aliphatic rings. The molecule has 21 heavy (non-hydrogen) atoms. The van der Waals surface area contributed by atoms with Gasteiger partial charge in [-0.05, 0) is 6.92 Å². The maximum absolute atomic E-state index is 12.1. The molecule has 0 aromatic heterocycles. The van der Waals surface area contributed by atoms with Crippen molar-refractivity contribution in [2.75, 3.05) is 39.8 Å². The maximum Gasteiger partial charge on any atom is 0.327 e. The zero-order valence-electron chi connectivity index (χ0n) is 12.2. The molecule has 0 unspecified atom stereocenters. The maximum atomic E-state index is 12.1. The molecule has 1 saturated heterocycles. The van der Waals surface area contributed by atoms with E-state index < -0.39 is 30.4 Å². The van der Waals surface area contributed by atoms with Gasteiger partial charge < -0.3 is 14.5 Å². The first-order chi connectivity index (χ1) is 9.90. The molecule has 0 atom stereocenters. The van der Waals surface area contributed by atoms with E-state index in [1.807, 2.05) is 0 Å². The summed E-state index contributed by atoms with van der Waals surface area (Å²) >= 11 is 0. The van der Waals surface area contributed by atoms with Crippen LogP contribution in [0.2, 0.25) is 0 Å². The highest BCUT2D eigenvalue weighted by Crippen LogP contribution is 2.08. The van der Waals surface area contributed by atoms with Crippen molar-refractivity contribution in [2.45, 2.75) is 6.92 Å². The highest BCUT2D eigenvalue weighted by atomic mass is 16.5. The van der Waals surface area contributed by atoms with Crippen molar-refractivity contribution in [3.63, 3.8) is 0 Å². The van der Waals surface area contributed by atoms with Crippen LogP contribution in [0.15, 0.2) is 12.7 Å². The minimum atomic E-state index is -0.552. The van der Waals surface area contributed by atoms with Crippen molar-refractivity contribution >= 4 is 23.8 Å². The van der Waals surface area contributed by atoms with Crippen LogP contribution >= 0.6 is 0 Å². The summed E-state index contributed by atoms with van der Waals surface area (Å²) in [5.74, 6) is -1.51. The number of amides is 4. The fourth-order valence-electron chi connectivity index (χ4n) is 1.83. The number of imide groups is 1. The summed E-state index contributed by atoms with van der Waals surface area (Å²) < 4.78 is 4.78. The van der Waals surface area contributed by atoms with E-state index in [0.29, 0.717) is 0 Å². The summed E-state index contributed by atoms with van der Waals surface area (Å²) in [7, 11) is 1.48. The Kier molecular flexibility index (Phi) is 5.89. The minimum Gasteiger partial charge on any atom is -0.465 e. The molecular weight excluding hydrogens is 278 g/mol. The molecule has 116 valence electrons. The minimum absolute atomic E-state index is 0.0502. The normalized spacial score (nSPS) is 14.4. The van der Waals surface area contributed by atoms with Gasteiger partial charge in [-0.2, -0.15) is 0 Å². The second-order valence-corrected chi connectivity index (χ2v) is 4.49. The lowest BCUT2D eigenvalue weighted by Crippen LogP contribution is -2.45. The van der Waals surface area contributed by atoms with Crippen LogP contribution in [0, 0.1) is 0 Å². The molecule has 1 aliphatic heterocycles. The van der Waals surface area contributed by atoms with Crippen LogP contribution in [0.5, 0.6) is 0 Å².